The van der Waals surface area contributed by atoms with E-state index in [9.17, 15) is 9.59 Å². The van der Waals surface area contributed by atoms with Crippen LogP contribution >= 0.6 is 11.6 Å². The highest BCUT2D eigenvalue weighted by Crippen LogP contribution is 2.29. The summed E-state index contributed by atoms with van der Waals surface area (Å²) in [7, 11) is 0. The third-order valence-corrected chi connectivity index (χ3v) is 6.12. The number of oxazole rings is 1. The Labute approximate surface area is 166 Å². The first-order valence-corrected chi connectivity index (χ1v) is 10.2. The van der Waals surface area contributed by atoms with Crippen LogP contribution in [-0.2, 0) is 12.8 Å². The van der Waals surface area contributed by atoms with Crippen molar-refractivity contribution in [1.29, 1.82) is 0 Å². The van der Waals surface area contributed by atoms with Crippen molar-refractivity contribution in [3.8, 4) is 0 Å². The van der Waals surface area contributed by atoms with Crippen LogP contribution in [0.3, 0.4) is 0 Å². The van der Waals surface area contributed by atoms with Crippen molar-refractivity contribution < 1.29 is 9.21 Å². The van der Waals surface area contributed by atoms with E-state index in [1.54, 1.807) is 22.8 Å². The molecule has 1 saturated heterocycles. The van der Waals surface area contributed by atoms with Crippen molar-refractivity contribution in [3.05, 3.63) is 50.7 Å². The number of halogens is 1. The summed E-state index contributed by atoms with van der Waals surface area (Å²) in [4.78, 5) is 27.5. The topological polar surface area (TPSA) is 84.1 Å². The average Bonchev–Trinajstić information content (AvgIpc) is 3.27. The molecule has 2 aromatic heterocycles. The van der Waals surface area contributed by atoms with Crippen molar-refractivity contribution in [1.82, 2.24) is 19.7 Å². The predicted molar refractivity (Wildman–Crippen MR) is 105 cm³/mol. The molecule has 28 heavy (non-hydrogen) atoms. The van der Waals surface area contributed by atoms with Gasteiger partial charge in [0.15, 0.2) is 11.3 Å². The number of hydrogen-bond donors (Lipinski definition) is 1. The number of likely N-dealkylation sites (tertiary alicyclic amines) is 1. The fourth-order valence-corrected chi connectivity index (χ4v) is 4.68. The van der Waals surface area contributed by atoms with Crippen molar-refractivity contribution in [2.75, 3.05) is 13.1 Å². The van der Waals surface area contributed by atoms with Crippen LogP contribution in [0.4, 0.5) is 0 Å². The summed E-state index contributed by atoms with van der Waals surface area (Å²) in [6, 6.07) is 5.01. The minimum atomic E-state index is -0.409. The number of carbonyl (C=O) groups is 1. The molecule has 7 nitrogen and oxygen atoms in total. The van der Waals surface area contributed by atoms with E-state index < -0.39 is 5.76 Å². The number of nitrogens with one attached hydrogen (secondary N) is 1. The molecule has 1 atom stereocenters. The van der Waals surface area contributed by atoms with Gasteiger partial charge in [-0.3, -0.25) is 14.5 Å². The highest BCUT2D eigenvalue weighted by atomic mass is 35.5. The first kappa shape index (κ1) is 17.6. The largest absolute Gasteiger partial charge is 0.420 e. The van der Waals surface area contributed by atoms with Crippen LogP contribution in [0.2, 0.25) is 5.02 Å². The predicted octanol–water partition coefficient (Wildman–Crippen LogP) is 3.33. The first-order chi connectivity index (χ1) is 13.6. The molecule has 1 amide bonds. The van der Waals surface area contributed by atoms with E-state index >= 15 is 0 Å². The highest BCUT2D eigenvalue weighted by Gasteiger charge is 2.31. The smallest absolute Gasteiger partial charge is 0.408 e. The van der Waals surface area contributed by atoms with Crippen LogP contribution in [0.25, 0.3) is 11.1 Å². The number of fused-ring (bicyclic) bond motifs is 2. The Hall–Kier alpha value is -2.54. The molecule has 0 radical (unpaired) electrons. The molecule has 5 rings (SSSR count). The summed E-state index contributed by atoms with van der Waals surface area (Å²) < 4.78 is 7.02. The number of carbonyl (C=O) groups excluding carboxylic acids is 1. The molecule has 0 saturated carbocycles. The first-order valence-electron chi connectivity index (χ1n) is 9.78. The van der Waals surface area contributed by atoms with Crippen LogP contribution in [0.5, 0.6) is 0 Å². The van der Waals surface area contributed by atoms with Crippen LogP contribution in [-0.4, -0.2) is 38.7 Å². The third-order valence-electron chi connectivity index (χ3n) is 5.88. The number of rotatable bonds is 2. The molecule has 0 spiro atoms. The van der Waals surface area contributed by atoms with Gasteiger partial charge in [0, 0.05) is 29.4 Å². The van der Waals surface area contributed by atoms with Crippen LogP contribution in [0.1, 0.15) is 53.5 Å². The second-order valence-corrected chi connectivity index (χ2v) is 8.07. The van der Waals surface area contributed by atoms with Gasteiger partial charge in [0.25, 0.3) is 5.91 Å². The maximum Gasteiger partial charge on any atom is 0.420 e. The summed E-state index contributed by atoms with van der Waals surface area (Å²) in [5.74, 6) is -0.461. The number of aromatic amines is 1. The number of aromatic nitrogens is 3. The highest BCUT2D eigenvalue weighted by molar-refractivity contribution is 6.31. The summed E-state index contributed by atoms with van der Waals surface area (Å²) in [6.45, 7) is 1.13. The Morgan fingerprint density at radius 3 is 3.00 bits per heavy atom. The van der Waals surface area contributed by atoms with E-state index in [1.807, 2.05) is 4.90 Å². The second-order valence-electron chi connectivity index (χ2n) is 7.63. The number of benzene rings is 1. The van der Waals surface area contributed by atoms with Gasteiger partial charge in [-0.15, -0.1) is 0 Å². The molecule has 3 aromatic rings. The molecule has 2 aliphatic rings. The Morgan fingerprint density at radius 2 is 2.11 bits per heavy atom. The summed E-state index contributed by atoms with van der Waals surface area (Å²) in [5.41, 5.74) is 3.89. The zero-order valence-electron chi connectivity index (χ0n) is 15.4. The van der Waals surface area contributed by atoms with Gasteiger partial charge in [0.2, 0.25) is 0 Å². The van der Waals surface area contributed by atoms with Gasteiger partial charge in [-0.05, 0) is 56.7 Å². The van der Waals surface area contributed by atoms with Crippen molar-refractivity contribution in [2.24, 2.45) is 0 Å². The summed E-state index contributed by atoms with van der Waals surface area (Å²) in [6.07, 6.45) is 5.70. The van der Waals surface area contributed by atoms with E-state index in [-0.39, 0.29) is 11.9 Å². The standard InChI is InChI=1S/C20H21ClN4O3/c21-12-7-8-17-16(10-12)25(20(27)28-17)13-4-3-9-24(11-13)19(26)18-14-5-1-2-6-15(14)22-23-18/h7-8,10,13H,1-6,9,11H2,(H,22,23)/t13-/m1/s1. The maximum atomic E-state index is 13.2. The lowest BCUT2D eigenvalue weighted by Gasteiger charge is -2.33. The number of hydrogen-bond acceptors (Lipinski definition) is 4. The van der Waals surface area contributed by atoms with E-state index in [0.29, 0.717) is 34.9 Å². The summed E-state index contributed by atoms with van der Waals surface area (Å²) >= 11 is 6.12. The normalized spacial score (nSPS) is 19.8. The van der Waals surface area contributed by atoms with Crippen molar-refractivity contribution in [3.63, 3.8) is 0 Å². The van der Waals surface area contributed by atoms with Gasteiger partial charge in [-0.1, -0.05) is 11.6 Å². The quantitative estimate of drug-likeness (QED) is 0.715. The molecule has 1 aromatic carbocycles. The molecule has 8 heteroatoms. The molecule has 1 fully saturated rings. The van der Waals surface area contributed by atoms with Gasteiger partial charge < -0.3 is 9.32 Å². The lowest BCUT2D eigenvalue weighted by atomic mass is 9.95. The van der Waals surface area contributed by atoms with E-state index in [2.05, 4.69) is 10.2 Å². The minimum Gasteiger partial charge on any atom is -0.408 e. The van der Waals surface area contributed by atoms with Crippen molar-refractivity contribution >= 4 is 28.6 Å². The Kier molecular flexibility index (Phi) is 4.27. The molecule has 1 aliphatic carbocycles. The zero-order chi connectivity index (χ0) is 19.3. The molecule has 1 N–H and O–H groups in total. The van der Waals surface area contributed by atoms with Gasteiger partial charge in [0.05, 0.1) is 11.6 Å². The van der Waals surface area contributed by atoms with Gasteiger partial charge in [-0.2, -0.15) is 5.10 Å². The van der Waals surface area contributed by atoms with Gasteiger partial charge >= 0.3 is 5.76 Å². The second kappa shape index (κ2) is 6.81. The number of amides is 1. The Balaban J connectivity index is 1.45. The molecule has 3 heterocycles. The van der Waals surface area contributed by atoms with E-state index in [1.165, 1.54) is 0 Å². The Bertz CT molecular complexity index is 1110. The lowest BCUT2D eigenvalue weighted by Crippen LogP contribution is -2.42. The summed E-state index contributed by atoms with van der Waals surface area (Å²) in [5, 5.41) is 7.91. The minimum absolute atomic E-state index is 0.0528. The van der Waals surface area contributed by atoms with Crippen molar-refractivity contribution in [2.45, 2.75) is 44.6 Å². The van der Waals surface area contributed by atoms with Gasteiger partial charge in [0.1, 0.15) is 0 Å². The number of piperidine rings is 1. The van der Waals surface area contributed by atoms with E-state index in [0.717, 1.165) is 49.8 Å². The van der Waals surface area contributed by atoms with Gasteiger partial charge in [-0.25, -0.2) is 4.79 Å². The van der Waals surface area contributed by atoms with Crippen LogP contribution < -0.4 is 5.76 Å². The molecule has 0 bridgehead atoms. The monoisotopic (exact) mass is 400 g/mol. The molecular formula is C20H21ClN4O3. The fourth-order valence-electron chi connectivity index (χ4n) is 4.51. The number of aryl methyl sites for hydroxylation is 1. The number of H-pyrrole nitrogens is 1. The lowest BCUT2D eigenvalue weighted by molar-refractivity contribution is 0.0670. The van der Waals surface area contributed by atoms with E-state index in [4.69, 9.17) is 16.0 Å². The molecule has 146 valence electrons. The number of nitrogens with zero attached hydrogens (tertiary/aromatic N) is 3. The average molecular weight is 401 g/mol. The SMILES string of the molecule is O=C(c1n[nH]c2c1CCCC2)N1CCC[C@@H](n2c(=O)oc3ccc(Cl)cc32)C1. The Morgan fingerprint density at radius 1 is 1.25 bits per heavy atom. The van der Waals surface area contributed by atoms with Crippen LogP contribution in [0.15, 0.2) is 27.4 Å². The molecule has 1 aliphatic heterocycles. The zero-order valence-corrected chi connectivity index (χ0v) is 16.2. The molecular weight excluding hydrogens is 380 g/mol. The third kappa shape index (κ3) is 2.85. The molecule has 0 unspecified atom stereocenters. The maximum absolute atomic E-state index is 13.2. The van der Waals surface area contributed by atoms with Crippen LogP contribution in [0, 0.1) is 0 Å². The fraction of sp³-hybridized carbons (Fsp3) is 0.450.